The van der Waals surface area contributed by atoms with E-state index in [2.05, 4.69) is 5.32 Å². The second-order valence-electron chi connectivity index (χ2n) is 3.96. The summed E-state index contributed by atoms with van der Waals surface area (Å²) in [6.45, 7) is 0.847. The fraction of sp³-hybridized carbons (Fsp3) is 0.500. The highest BCUT2D eigenvalue weighted by atomic mass is 19.3. The van der Waals surface area contributed by atoms with E-state index in [1.54, 1.807) is 0 Å². The minimum absolute atomic E-state index is 0.177. The van der Waals surface area contributed by atoms with E-state index >= 15 is 0 Å². The summed E-state index contributed by atoms with van der Waals surface area (Å²) in [5.74, 6) is -2.85. The van der Waals surface area contributed by atoms with Crippen molar-refractivity contribution in [2.24, 2.45) is 0 Å². The van der Waals surface area contributed by atoms with Gasteiger partial charge in [-0.15, -0.1) is 0 Å². The van der Waals surface area contributed by atoms with Gasteiger partial charge < -0.3 is 10.4 Å². The van der Waals surface area contributed by atoms with E-state index in [0.717, 1.165) is 5.56 Å². The molecule has 0 aliphatic carbocycles. The molecule has 2 N–H and O–H groups in total. The van der Waals surface area contributed by atoms with Crippen molar-refractivity contribution in [1.82, 2.24) is 5.32 Å². The number of benzene rings is 1. The van der Waals surface area contributed by atoms with Gasteiger partial charge in [0.2, 0.25) is 0 Å². The standard InChI is InChI=1S/C12H17F2NO/c1-10(11-5-3-2-4-6-11)7-15-8-12(13,14)9-16/h2-6,10,15-16H,7-9H2,1H3. The Hall–Kier alpha value is -1.00. The molecule has 0 radical (unpaired) electrons. The van der Waals surface area contributed by atoms with Crippen LogP contribution in [0.3, 0.4) is 0 Å². The third kappa shape index (κ3) is 4.24. The number of aliphatic hydroxyl groups excluding tert-OH is 1. The first-order valence-corrected chi connectivity index (χ1v) is 5.29. The average Bonchev–Trinajstić information content (AvgIpc) is 2.30. The Morgan fingerprint density at radius 3 is 2.50 bits per heavy atom. The normalized spacial score (nSPS) is 13.8. The molecule has 90 valence electrons. The molecule has 1 rings (SSSR count). The summed E-state index contributed by atoms with van der Waals surface area (Å²) in [5, 5.41) is 11.1. The molecule has 0 amide bonds. The van der Waals surface area contributed by atoms with Crippen LogP contribution in [-0.2, 0) is 0 Å². The van der Waals surface area contributed by atoms with E-state index in [9.17, 15) is 8.78 Å². The lowest BCUT2D eigenvalue weighted by Crippen LogP contribution is -2.37. The molecule has 0 aliphatic rings. The van der Waals surface area contributed by atoms with Gasteiger partial charge in [0.05, 0.1) is 6.54 Å². The maximum absolute atomic E-state index is 12.7. The van der Waals surface area contributed by atoms with Gasteiger partial charge in [-0.1, -0.05) is 37.3 Å². The molecule has 0 aromatic heterocycles. The average molecular weight is 229 g/mol. The van der Waals surface area contributed by atoms with E-state index in [1.165, 1.54) is 0 Å². The molecule has 2 nitrogen and oxygen atoms in total. The Bertz CT molecular complexity index is 303. The van der Waals surface area contributed by atoms with Crippen molar-refractivity contribution in [2.75, 3.05) is 19.7 Å². The molecular weight excluding hydrogens is 212 g/mol. The van der Waals surface area contributed by atoms with Crippen molar-refractivity contribution in [3.8, 4) is 0 Å². The smallest absolute Gasteiger partial charge is 0.282 e. The van der Waals surface area contributed by atoms with Gasteiger partial charge in [-0.25, -0.2) is 8.78 Å². The van der Waals surface area contributed by atoms with Crippen molar-refractivity contribution < 1.29 is 13.9 Å². The first-order chi connectivity index (χ1) is 7.55. The van der Waals surface area contributed by atoms with Crippen molar-refractivity contribution in [3.63, 3.8) is 0 Å². The molecule has 0 spiro atoms. The first-order valence-electron chi connectivity index (χ1n) is 5.29. The highest BCUT2D eigenvalue weighted by molar-refractivity contribution is 5.18. The van der Waals surface area contributed by atoms with Crippen LogP contribution in [0.1, 0.15) is 18.4 Å². The SMILES string of the molecule is CC(CNCC(F)(F)CO)c1ccccc1. The molecule has 1 unspecified atom stereocenters. The zero-order valence-corrected chi connectivity index (χ0v) is 9.29. The van der Waals surface area contributed by atoms with Crippen LogP contribution in [-0.4, -0.2) is 30.7 Å². The quantitative estimate of drug-likeness (QED) is 0.782. The molecule has 0 aliphatic heterocycles. The van der Waals surface area contributed by atoms with Gasteiger partial charge in [0.1, 0.15) is 6.61 Å². The van der Waals surface area contributed by atoms with Gasteiger partial charge in [-0.2, -0.15) is 0 Å². The Balaban J connectivity index is 2.34. The Morgan fingerprint density at radius 2 is 1.94 bits per heavy atom. The number of hydrogen-bond acceptors (Lipinski definition) is 2. The molecule has 16 heavy (non-hydrogen) atoms. The topological polar surface area (TPSA) is 32.3 Å². The van der Waals surface area contributed by atoms with Gasteiger partial charge in [0, 0.05) is 6.54 Å². The zero-order chi connectivity index (χ0) is 12.0. The number of rotatable bonds is 6. The van der Waals surface area contributed by atoms with Gasteiger partial charge in [0.25, 0.3) is 5.92 Å². The van der Waals surface area contributed by atoms with Crippen LogP contribution < -0.4 is 5.32 Å². The fourth-order valence-corrected chi connectivity index (χ4v) is 1.43. The number of halogens is 2. The number of nitrogens with one attached hydrogen (secondary N) is 1. The largest absolute Gasteiger partial charge is 0.390 e. The summed E-state index contributed by atoms with van der Waals surface area (Å²) < 4.78 is 25.4. The maximum atomic E-state index is 12.7. The number of hydrogen-bond donors (Lipinski definition) is 2. The fourth-order valence-electron chi connectivity index (χ4n) is 1.43. The molecule has 0 saturated carbocycles. The van der Waals surface area contributed by atoms with Crippen molar-refractivity contribution >= 4 is 0 Å². The predicted molar refractivity (Wildman–Crippen MR) is 59.8 cm³/mol. The molecular formula is C12H17F2NO. The molecule has 1 aromatic carbocycles. The Morgan fingerprint density at radius 1 is 1.31 bits per heavy atom. The summed E-state index contributed by atoms with van der Waals surface area (Å²) in [5.41, 5.74) is 1.11. The minimum Gasteiger partial charge on any atom is -0.390 e. The lowest BCUT2D eigenvalue weighted by atomic mass is 10.0. The van der Waals surface area contributed by atoms with Gasteiger partial charge in [0.15, 0.2) is 0 Å². The van der Waals surface area contributed by atoms with Crippen LogP contribution >= 0.6 is 0 Å². The third-order valence-corrected chi connectivity index (χ3v) is 2.43. The maximum Gasteiger partial charge on any atom is 0.282 e. The highest BCUT2D eigenvalue weighted by Crippen LogP contribution is 2.14. The Labute approximate surface area is 94.3 Å². The lowest BCUT2D eigenvalue weighted by molar-refractivity contribution is -0.0475. The predicted octanol–water partition coefficient (Wildman–Crippen LogP) is 2.01. The summed E-state index contributed by atoms with van der Waals surface area (Å²) in [6, 6.07) is 9.71. The van der Waals surface area contributed by atoms with Crippen molar-refractivity contribution in [3.05, 3.63) is 35.9 Å². The summed E-state index contributed by atoms with van der Waals surface area (Å²) >= 11 is 0. The first kappa shape index (κ1) is 13.1. The highest BCUT2D eigenvalue weighted by Gasteiger charge is 2.26. The van der Waals surface area contributed by atoms with E-state index in [1.807, 2.05) is 37.3 Å². The van der Waals surface area contributed by atoms with Crippen LogP contribution in [0.15, 0.2) is 30.3 Å². The van der Waals surface area contributed by atoms with E-state index in [4.69, 9.17) is 5.11 Å². The minimum atomic E-state index is -3.03. The van der Waals surface area contributed by atoms with Crippen LogP contribution in [0, 0.1) is 0 Å². The van der Waals surface area contributed by atoms with Crippen molar-refractivity contribution in [2.45, 2.75) is 18.8 Å². The van der Waals surface area contributed by atoms with Crippen molar-refractivity contribution in [1.29, 1.82) is 0 Å². The molecule has 0 fully saturated rings. The monoisotopic (exact) mass is 229 g/mol. The molecule has 0 bridgehead atoms. The van der Waals surface area contributed by atoms with Gasteiger partial charge >= 0.3 is 0 Å². The van der Waals surface area contributed by atoms with Crippen LogP contribution in [0.25, 0.3) is 0 Å². The summed E-state index contributed by atoms with van der Waals surface area (Å²) in [6.07, 6.45) is 0. The second kappa shape index (κ2) is 5.92. The Kier molecular flexibility index (Phi) is 4.83. The summed E-state index contributed by atoms with van der Waals surface area (Å²) in [7, 11) is 0. The van der Waals surface area contributed by atoms with Crippen LogP contribution in [0.4, 0.5) is 8.78 Å². The van der Waals surface area contributed by atoms with E-state index < -0.39 is 19.1 Å². The van der Waals surface area contributed by atoms with Gasteiger partial charge in [-0.05, 0) is 11.5 Å². The third-order valence-electron chi connectivity index (χ3n) is 2.43. The second-order valence-corrected chi connectivity index (χ2v) is 3.96. The summed E-state index contributed by atoms with van der Waals surface area (Å²) in [4.78, 5) is 0. The molecule has 0 saturated heterocycles. The van der Waals surface area contributed by atoms with Crippen LogP contribution in [0.5, 0.6) is 0 Å². The van der Waals surface area contributed by atoms with Gasteiger partial charge in [-0.3, -0.25) is 0 Å². The van der Waals surface area contributed by atoms with Crippen LogP contribution in [0.2, 0.25) is 0 Å². The molecule has 0 heterocycles. The molecule has 4 heteroatoms. The lowest BCUT2D eigenvalue weighted by Gasteiger charge is -2.17. The number of alkyl halides is 2. The zero-order valence-electron chi connectivity index (χ0n) is 9.29. The van der Waals surface area contributed by atoms with E-state index in [-0.39, 0.29) is 5.92 Å². The van der Waals surface area contributed by atoms with E-state index in [0.29, 0.717) is 6.54 Å². The molecule has 1 aromatic rings. The molecule has 1 atom stereocenters. The number of aliphatic hydroxyl groups is 1.